The zero-order valence-corrected chi connectivity index (χ0v) is 11.3. The molecule has 2 aliphatic rings. The SMILES string of the molecule is Cn1c2c3ccccc3c(Cl)c-2cc2ccccc21. The van der Waals surface area contributed by atoms with Crippen LogP contribution in [0.5, 0.6) is 0 Å². The Bertz CT molecular complexity index is 889. The van der Waals surface area contributed by atoms with E-state index < -0.39 is 0 Å². The van der Waals surface area contributed by atoms with Crippen molar-refractivity contribution in [3.8, 4) is 11.3 Å². The van der Waals surface area contributed by atoms with Crippen molar-refractivity contribution in [2.45, 2.75) is 0 Å². The monoisotopic (exact) mass is 265 g/mol. The third-order valence-electron chi connectivity index (χ3n) is 3.84. The van der Waals surface area contributed by atoms with E-state index in [2.05, 4.69) is 60.1 Å². The van der Waals surface area contributed by atoms with Crippen molar-refractivity contribution in [3.05, 3.63) is 59.6 Å². The lowest BCUT2D eigenvalue weighted by molar-refractivity contribution is 0.971. The van der Waals surface area contributed by atoms with Gasteiger partial charge in [0.15, 0.2) is 0 Å². The molecule has 0 fully saturated rings. The smallest absolute Gasteiger partial charge is 0.0578 e. The molecular formula is C17H12ClN. The lowest BCUT2D eigenvalue weighted by Crippen LogP contribution is -1.97. The number of benzene rings is 2. The number of rotatable bonds is 0. The molecule has 0 amide bonds. The second-order valence-electron chi connectivity index (χ2n) is 4.88. The van der Waals surface area contributed by atoms with Crippen molar-refractivity contribution in [1.29, 1.82) is 0 Å². The van der Waals surface area contributed by atoms with Crippen molar-refractivity contribution in [1.82, 2.24) is 4.57 Å². The van der Waals surface area contributed by atoms with E-state index in [0.29, 0.717) is 0 Å². The number of fused-ring (bicyclic) bond motifs is 4. The second kappa shape index (κ2) is 3.75. The maximum Gasteiger partial charge on any atom is 0.0578 e. The van der Waals surface area contributed by atoms with Gasteiger partial charge in [-0.15, -0.1) is 0 Å². The normalized spacial score (nSPS) is 11.7. The standard InChI is InChI=1S/C17H12ClN/c1-19-15-9-5-2-6-11(15)10-14-16(18)12-7-3-4-8-13(12)17(14)19/h2-10H,1H3. The quantitative estimate of drug-likeness (QED) is 0.417. The Labute approximate surface area is 116 Å². The van der Waals surface area contributed by atoms with E-state index in [1.54, 1.807) is 0 Å². The van der Waals surface area contributed by atoms with Crippen LogP contribution in [0.1, 0.15) is 0 Å². The summed E-state index contributed by atoms with van der Waals surface area (Å²) in [6.07, 6.45) is 0. The van der Waals surface area contributed by atoms with Gasteiger partial charge in [-0.3, -0.25) is 0 Å². The van der Waals surface area contributed by atoms with E-state index in [0.717, 1.165) is 16.0 Å². The van der Waals surface area contributed by atoms with Gasteiger partial charge in [0.25, 0.3) is 0 Å². The van der Waals surface area contributed by atoms with E-state index in [-0.39, 0.29) is 0 Å². The summed E-state index contributed by atoms with van der Waals surface area (Å²) in [5, 5.41) is 4.42. The number of aromatic nitrogens is 1. The van der Waals surface area contributed by atoms with Gasteiger partial charge in [-0.1, -0.05) is 54.1 Å². The van der Waals surface area contributed by atoms with E-state index in [4.69, 9.17) is 11.6 Å². The molecule has 0 atom stereocenters. The minimum absolute atomic E-state index is 0.854. The van der Waals surface area contributed by atoms with Crippen LogP contribution >= 0.6 is 11.6 Å². The molecule has 1 aliphatic carbocycles. The molecule has 0 radical (unpaired) electrons. The van der Waals surface area contributed by atoms with E-state index in [1.165, 1.54) is 22.0 Å². The van der Waals surface area contributed by atoms with Crippen molar-refractivity contribution in [2.24, 2.45) is 7.05 Å². The van der Waals surface area contributed by atoms with Crippen LogP contribution in [0.25, 0.3) is 32.9 Å². The first-order chi connectivity index (χ1) is 9.27. The fraction of sp³-hybridized carbons (Fsp3) is 0.0588. The van der Waals surface area contributed by atoms with Crippen molar-refractivity contribution >= 4 is 33.3 Å². The van der Waals surface area contributed by atoms with Crippen LogP contribution in [0.3, 0.4) is 0 Å². The van der Waals surface area contributed by atoms with Gasteiger partial charge in [0.2, 0.25) is 0 Å². The third-order valence-corrected chi connectivity index (χ3v) is 4.25. The largest absolute Gasteiger partial charge is 0.343 e. The second-order valence-corrected chi connectivity index (χ2v) is 5.26. The van der Waals surface area contributed by atoms with Crippen LogP contribution in [0.2, 0.25) is 5.02 Å². The van der Waals surface area contributed by atoms with E-state index in [1.807, 2.05) is 6.07 Å². The Balaban J connectivity index is 2.34. The van der Waals surface area contributed by atoms with E-state index >= 15 is 0 Å². The molecule has 0 saturated carbocycles. The maximum absolute atomic E-state index is 6.55. The van der Waals surface area contributed by atoms with Gasteiger partial charge in [0.05, 0.1) is 10.7 Å². The molecule has 0 saturated heterocycles. The molecule has 4 rings (SSSR count). The summed E-state index contributed by atoms with van der Waals surface area (Å²) in [7, 11) is 2.10. The molecule has 1 nitrogen and oxygen atoms in total. The van der Waals surface area contributed by atoms with Gasteiger partial charge in [-0.2, -0.15) is 0 Å². The Morgan fingerprint density at radius 1 is 0.895 bits per heavy atom. The van der Waals surface area contributed by atoms with E-state index in [9.17, 15) is 0 Å². The predicted octanol–water partition coefficient (Wildman–Crippen LogP) is 5.09. The lowest BCUT2D eigenvalue weighted by Gasteiger charge is -2.13. The Hall–Kier alpha value is -1.99. The molecule has 0 spiro atoms. The summed E-state index contributed by atoms with van der Waals surface area (Å²) in [6.45, 7) is 0. The highest BCUT2D eigenvalue weighted by Gasteiger charge is 2.19. The average molecular weight is 266 g/mol. The van der Waals surface area contributed by atoms with Gasteiger partial charge in [0, 0.05) is 28.9 Å². The van der Waals surface area contributed by atoms with Gasteiger partial charge in [-0.25, -0.2) is 0 Å². The molecule has 2 aromatic rings. The first kappa shape index (κ1) is 10.9. The predicted molar refractivity (Wildman–Crippen MR) is 82.1 cm³/mol. The zero-order valence-electron chi connectivity index (χ0n) is 10.5. The van der Waals surface area contributed by atoms with Crippen LogP contribution in [-0.2, 0) is 7.05 Å². The number of para-hydroxylation sites is 1. The molecule has 1 aliphatic heterocycles. The van der Waals surface area contributed by atoms with Crippen LogP contribution in [0, 0.1) is 0 Å². The van der Waals surface area contributed by atoms with Gasteiger partial charge >= 0.3 is 0 Å². The summed E-state index contributed by atoms with van der Waals surface area (Å²) in [5.74, 6) is 0. The van der Waals surface area contributed by atoms with Crippen LogP contribution in [-0.4, -0.2) is 4.57 Å². The highest BCUT2D eigenvalue weighted by Crippen LogP contribution is 2.43. The molecular weight excluding hydrogens is 254 g/mol. The Morgan fingerprint density at radius 2 is 1.58 bits per heavy atom. The fourth-order valence-corrected chi connectivity index (χ4v) is 3.27. The van der Waals surface area contributed by atoms with Crippen LogP contribution in [0.15, 0.2) is 54.6 Å². The molecule has 2 heteroatoms. The maximum atomic E-state index is 6.55. The first-order valence-corrected chi connectivity index (χ1v) is 6.69. The summed E-state index contributed by atoms with van der Waals surface area (Å²) in [5.41, 5.74) is 3.56. The number of nitrogens with zero attached hydrogens (tertiary/aromatic N) is 1. The molecule has 2 aromatic carbocycles. The fourth-order valence-electron chi connectivity index (χ4n) is 2.96. The number of pyridine rings is 1. The zero-order chi connectivity index (χ0) is 13.0. The highest BCUT2D eigenvalue weighted by molar-refractivity contribution is 6.40. The van der Waals surface area contributed by atoms with Crippen molar-refractivity contribution in [3.63, 3.8) is 0 Å². The molecule has 92 valence electrons. The molecule has 1 heterocycles. The summed E-state index contributed by atoms with van der Waals surface area (Å²) < 4.78 is 2.24. The Morgan fingerprint density at radius 3 is 2.42 bits per heavy atom. The van der Waals surface area contributed by atoms with Crippen molar-refractivity contribution in [2.75, 3.05) is 0 Å². The summed E-state index contributed by atoms with van der Waals surface area (Å²) in [6, 6.07) is 18.9. The highest BCUT2D eigenvalue weighted by atomic mass is 35.5. The number of halogens is 1. The van der Waals surface area contributed by atoms with Crippen LogP contribution in [0.4, 0.5) is 0 Å². The first-order valence-electron chi connectivity index (χ1n) is 6.32. The van der Waals surface area contributed by atoms with Gasteiger partial charge < -0.3 is 4.57 Å². The topological polar surface area (TPSA) is 4.93 Å². The molecule has 0 bridgehead atoms. The minimum Gasteiger partial charge on any atom is -0.343 e. The number of hydrogen-bond donors (Lipinski definition) is 0. The van der Waals surface area contributed by atoms with Crippen LogP contribution < -0.4 is 0 Å². The summed E-state index contributed by atoms with van der Waals surface area (Å²) in [4.78, 5) is 0. The number of aryl methyl sites for hydroxylation is 1. The number of hydrogen-bond acceptors (Lipinski definition) is 0. The molecule has 0 aromatic heterocycles. The lowest BCUT2D eigenvalue weighted by atomic mass is 10.1. The van der Waals surface area contributed by atoms with Crippen molar-refractivity contribution < 1.29 is 0 Å². The van der Waals surface area contributed by atoms with Gasteiger partial charge in [0.1, 0.15) is 0 Å². The Kier molecular flexibility index (Phi) is 2.15. The average Bonchev–Trinajstić information content (AvgIpc) is 2.74. The molecule has 19 heavy (non-hydrogen) atoms. The minimum atomic E-state index is 0.854. The third kappa shape index (κ3) is 1.36. The molecule has 0 N–H and O–H groups in total. The summed E-state index contributed by atoms with van der Waals surface area (Å²) >= 11 is 6.55. The van der Waals surface area contributed by atoms with Gasteiger partial charge in [-0.05, 0) is 17.5 Å². The molecule has 0 unspecified atom stereocenters.